The fourth-order valence-electron chi connectivity index (χ4n) is 3.61. The molecule has 3 rings (SSSR count). The zero-order chi connectivity index (χ0) is 19.9. The van der Waals surface area contributed by atoms with E-state index in [1.54, 1.807) is 11.3 Å². The van der Waals surface area contributed by atoms with Crippen LogP contribution in [-0.2, 0) is 11.2 Å². The number of pyridine rings is 1. The highest BCUT2D eigenvalue weighted by molar-refractivity contribution is 7.15. The van der Waals surface area contributed by atoms with Crippen LogP contribution in [0, 0.1) is 0 Å². The van der Waals surface area contributed by atoms with E-state index in [1.165, 1.54) is 0 Å². The van der Waals surface area contributed by atoms with Crippen LogP contribution in [0.25, 0.3) is 0 Å². The second-order valence-electron chi connectivity index (χ2n) is 7.07. The Morgan fingerprint density at radius 3 is 2.82 bits per heavy atom. The van der Waals surface area contributed by atoms with E-state index in [2.05, 4.69) is 33.4 Å². The standard InChI is InChI=1S/C20H30N6OS/c1-4-18-23-24-20(28-18)22-17-11-7-10-16(21-17)15-9-8-12-25(13-15)14-19(27)26(5-2)6-3/h7,10-11,15H,4-6,8-9,12-14H2,1-3H3,(H,21,22,24)/t15-/m0/s1. The van der Waals surface area contributed by atoms with Gasteiger partial charge in [-0.05, 0) is 51.8 Å². The molecule has 3 heterocycles. The maximum Gasteiger partial charge on any atom is 0.236 e. The van der Waals surface area contributed by atoms with Crippen LogP contribution in [0.5, 0.6) is 0 Å². The lowest BCUT2D eigenvalue weighted by atomic mass is 9.94. The molecule has 7 nitrogen and oxygen atoms in total. The average Bonchev–Trinajstić information content (AvgIpc) is 3.17. The molecule has 152 valence electrons. The number of nitrogens with zero attached hydrogens (tertiary/aromatic N) is 5. The number of amides is 1. The minimum atomic E-state index is 0.219. The maximum absolute atomic E-state index is 12.4. The molecule has 1 atom stereocenters. The van der Waals surface area contributed by atoms with E-state index < -0.39 is 0 Å². The fraction of sp³-hybridized carbons (Fsp3) is 0.600. The molecule has 8 heteroatoms. The highest BCUT2D eigenvalue weighted by Gasteiger charge is 2.25. The molecule has 2 aromatic heterocycles. The van der Waals surface area contributed by atoms with E-state index in [0.29, 0.717) is 12.5 Å². The number of hydrogen-bond acceptors (Lipinski definition) is 7. The van der Waals surface area contributed by atoms with Crippen molar-refractivity contribution in [3.05, 3.63) is 28.9 Å². The van der Waals surface area contributed by atoms with Gasteiger partial charge in [0.1, 0.15) is 10.8 Å². The Bertz CT molecular complexity index is 776. The summed E-state index contributed by atoms with van der Waals surface area (Å²) >= 11 is 1.56. The van der Waals surface area contributed by atoms with Crippen molar-refractivity contribution < 1.29 is 4.79 Å². The van der Waals surface area contributed by atoms with Gasteiger partial charge in [-0.25, -0.2) is 4.98 Å². The zero-order valence-electron chi connectivity index (χ0n) is 17.0. The number of hydrogen-bond donors (Lipinski definition) is 1. The van der Waals surface area contributed by atoms with Gasteiger partial charge in [0.15, 0.2) is 0 Å². The van der Waals surface area contributed by atoms with Gasteiger partial charge in [0.05, 0.1) is 6.54 Å². The molecule has 2 aromatic rings. The lowest BCUT2D eigenvalue weighted by Gasteiger charge is -2.33. The minimum absolute atomic E-state index is 0.219. The normalized spacial score (nSPS) is 17.5. The van der Waals surface area contributed by atoms with Gasteiger partial charge in [0, 0.05) is 31.2 Å². The van der Waals surface area contributed by atoms with Gasteiger partial charge in [-0.3, -0.25) is 9.69 Å². The number of anilines is 2. The average molecular weight is 403 g/mol. The molecule has 0 spiro atoms. The van der Waals surface area contributed by atoms with Crippen molar-refractivity contribution >= 4 is 28.2 Å². The van der Waals surface area contributed by atoms with Gasteiger partial charge < -0.3 is 10.2 Å². The largest absolute Gasteiger partial charge is 0.342 e. The second kappa shape index (κ2) is 9.93. The monoisotopic (exact) mass is 402 g/mol. The molecule has 0 unspecified atom stereocenters. The topological polar surface area (TPSA) is 74.2 Å². The molecule has 28 heavy (non-hydrogen) atoms. The lowest BCUT2D eigenvalue weighted by Crippen LogP contribution is -2.43. The Hall–Kier alpha value is -2.06. The Labute approximate surface area is 171 Å². The van der Waals surface area contributed by atoms with Crippen LogP contribution >= 0.6 is 11.3 Å². The van der Waals surface area contributed by atoms with Crippen LogP contribution < -0.4 is 5.32 Å². The summed E-state index contributed by atoms with van der Waals surface area (Å²) in [5.74, 6) is 1.37. The predicted octanol–water partition coefficient (Wildman–Crippen LogP) is 3.29. The smallest absolute Gasteiger partial charge is 0.236 e. The quantitative estimate of drug-likeness (QED) is 0.730. The highest BCUT2D eigenvalue weighted by Crippen LogP contribution is 2.27. The maximum atomic E-state index is 12.4. The molecule has 1 aliphatic rings. The molecule has 1 N–H and O–H groups in total. The van der Waals surface area contributed by atoms with Gasteiger partial charge in [-0.1, -0.05) is 24.3 Å². The summed E-state index contributed by atoms with van der Waals surface area (Å²) in [5.41, 5.74) is 1.07. The summed E-state index contributed by atoms with van der Waals surface area (Å²) < 4.78 is 0. The highest BCUT2D eigenvalue weighted by atomic mass is 32.1. The van der Waals surface area contributed by atoms with Crippen LogP contribution in [-0.4, -0.2) is 63.6 Å². The Kier molecular flexibility index (Phi) is 7.33. The van der Waals surface area contributed by atoms with Crippen molar-refractivity contribution in [1.29, 1.82) is 0 Å². The fourth-order valence-corrected chi connectivity index (χ4v) is 4.30. The van der Waals surface area contributed by atoms with Crippen molar-refractivity contribution in [3.63, 3.8) is 0 Å². The van der Waals surface area contributed by atoms with Crippen LogP contribution in [0.1, 0.15) is 50.2 Å². The van der Waals surface area contributed by atoms with Crippen molar-refractivity contribution in [1.82, 2.24) is 25.0 Å². The summed E-state index contributed by atoms with van der Waals surface area (Å²) in [6, 6.07) is 6.08. The van der Waals surface area contributed by atoms with Crippen LogP contribution in [0.2, 0.25) is 0 Å². The molecule has 0 radical (unpaired) electrons. The first-order chi connectivity index (χ1) is 13.6. The van der Waals surface area contributed by atoms with Crippen molar-refractivity contribution in [2.75, 3.05) is 38.0 Å². The van der Waals surface area contributed by atoms with E-state index in [1.807, 2.05) is 30.9 Å². The predicted molar refractivity (Wildman–Crippen MR) is 113 cm³/mol. The molecule has 0 saturated carbocycles. The molecular formula is C20H30N6OS. The SMILES string of the molecule is CCc1nnc(Nc2cccc([C@H]3CCCN(CC(=O)N(CC)CC)C3)n2)s1. The Morgan fingerprint density at radius 2 is 2.11 bits per heavy atom. The number of nitrogens with one attached hydrogen (secondary N) is 1. The minimum Gasteiger partial charge on any atom is -0.342 e. The van der Waals surface area contributed by atoms with E-state index in [-0.39, 0.29) is 5.91 Å². The van der Waals surface area contributed by atoms with Crippen molar-refractivity contribution in [2.24, 2.45) is 0 Å². The van der Waals surface area contributed by atoms with Crippen LogP contribution in [0.3, 0.4) is 0 Å². The van der Waals surface area contributed by atoms with Gasteiger partial charge in [0.25, 0.3) is 0 Å². The number of carbonyl (C=O) groups is 1. The first kappa shape index (κ1) is 20.7. The zero-order valence-corrected chi connectivity index (χ0v) is 17.8. The third-order valence-electron chi connectivity index (χ3n) is 5.17. The summed E-state index contributed by atoms with van der Waals surface area (Å²) in [4.78, 5) is 21.4. The summed E-state index contributed by atoms with van der Waals surface area (Å²) in [6.45, 7) is 10.0. The molecular weight excluding hydrogens is 372 g/mol. The Balaban J connectivity index is 1.63. The van der Waals surface area contributed by atoms with Crippen LogP contribution in [0.4, 0.5) is 10.9 Å². The van der Waals surface area contributed by atoms with Crippen LogP contribution in [0.15, 0.2) is 18.2 Å². The van der Waals surface area contributed by atoms with Gasteiger partial charge in [-0.15, -0.1) is 10.2 Å². The van der Waals surface area contributed by atoms with E-state index in [4.69, 9.17) is 4.98 Å². The van der Waals surface area contributed by atoms with E-state index >= 15 is 0 Å². The first-order valence-corrected chi connectivity index (χ1v) is 11.0. The second-order valence-corrected chi connectivity index (χ2v) is 8.13. The molecule has 0 aromatic carbocycles. The number of likely N-dealkylation sites (N-methyl/N-ethyl adjacent to an activating group) is 1. The number of rotatable bonds is 8. The Morgan fingerprint density at radius 1 is 1.29 bits per heavy atom. The number of piperidine rings is 1. The van der Waals surface area contributed by atoms with Gasteiger partial charge >= 0.3 is 0 Å². The van der Waals surface area contributed by atoms with Gasteiger partial charge in [-0.2, -0.15) is 0 Å². The molecule has 1 fully saturated rings. The number of carbonyl (C=O) groups excluding carboxylic acids is 1. The lowest BCUT2D eigenvalue weighted by molar-refractivity contribution is -0.132. The number of aryl methyl sites for hydroxylation is 1. The number of likely N-dealkylation sites (tertiary alicyclic amines) is 1. The van der Waals surface area contributed by atoms with E-state index in [0.717, 1.165) is 67.1 Å². The first-order valence-electron chi connectivity index (χ1n) is 10.2. The summed E-state index contributed by atoms with van der Waals surface area (Å²) in [6.07, 6.45) is 3.08. The third kappa shape index (κ3) is 5.26. The molecule has 1 saturated heterocycles. The molecule has 1 amide bonds. The number of aromatic nitrogens is 3. The molecule has 0 aliphatic carbocycles. The van der Waals surface area contributed by atoms with Crippen molar-refractivity contribution in [2.45, 2.75) is 46.0 Å². The summed E-state index contributed by atoms with van der Waals surface area (Å²) in [7, 11) is 0. The van der Waals surface area contributed by atoms with Crippen molar-refractivity contribution in [3.8, 4) is 0 Å². The summed E-state index contributed by atoms with van der Waals surface area (Å²) in [5, 5.41) is 13.4. The third-order valence-corrected chi connectivity index (χ3v) is 6.16. The van der Waals surface area contributed by atoms with E-state index in [9.17, 15) is 4.79 Å². The molecule has 0 bridgehead atoms. The van der Waals surface area contributed by atoms with Gasteiger partial charge in [0.2, 0.25) is 11.0 Å². The molecule has 1 aliphatic heterocycles.